The standard InChI is InChI=1S/C11H14N4OS/c1-6-4-8(5-6)12-10(16)14-11-13-9(15-17-11)7-2-3-7/h7-8H,1-5H2,(H2,12,13,14,15,16). The molecule has 2 aliphatic carbocycles. The van der Waals surface area contributed by atoms with Gasteiger partial charge in [-0.25, -0.2) is 9.78 Å². The summed E-state index contributed by atoms with van der Waals surface area (Å²) >= 11 is 1.25. The number of hydrogen-bond donors (Lipinski definition) is 2. The topological polar surface area (TPSA) is 66.9 Å². The molecule has 0 saturated heterocycles. The van der Waals surface area contributed by atoms with Crippen LogP contribution < -0.4 is 10.6 Å². The molecule has 1 heterocycles. The van der Waals surface area contributed by atoms with Crippen molar-refractivity contribution >= 4 is 22.7 Å². The van der Waals surface area contributed by atoms with Gasteiger partial charge < -0.3 is 5.32 Å². The fourth-order valence-corrected chi connectivity index (χ4v) is 2.49. The Bertz CT molecular complexity index is 458. The molecule has 1 aromatic heterocycles. The zero-order valence-corrected chi connectivity index (χ0v) is 10.2. The lowest BCUT2D eigenvalue weighted by atomic mass is 9.88. The summed E-state index contributed by atoms with van der Waals surface area (Å²) in [6.45, 7) is 3.84. The lowest BCUT2D eigenvalue weighted by Gasteiger charge is -2.28. The minimum absolute atomic E-state index is 0.194. The summed E-state index contributed by atoms with van der Waals surface area (Å²) in [5.41, 5.74) is 1.20. The average molecular weight is 250 g/mol. The number of anilines is 1. The Morgan fingerprint density at radius 2 is 2.18 bits per heavy atom. The van der Waals surface area contributed by atoms with E-state index in [0.717, 1.165) is 18.7 Å². The molecular weight excluding hydrogens is 236 g/mol. The molecule has 0 aromatic carbocycles. The summed E-state index contributed by atoms with van der Waals surface area (Å²) < 4.78 is 4.23. The van der Waals surface area contributed by atoms with E-state index in [9.17, 15) is 4.79 Å². The molecule has 2 amide bonds. The lowest BCUT2D eigenvalue weighted by Crippen LogP contribution is -2.42. The molecule has 0 radical (unpaired) electrons. The molecule has 90 valence electrons. The zero-order valence-electron chi connectivity index (χ0n) is 9.40. The molecule has 17 heavy (non-hydrogen) atoms. The van der Waals surface area contributed by atoms with Gasteiger partial charge in [0.2, 0.25) is 5.13 Å². The van der Waals surface area contributed by atoms with Crippen LogP contribution in [0.1, 0.15) is 37.4 Å². The third-order valence-corrected chi connectivity index (χ3v) is 3.65. The third kappa shape index (κ3) is 2.46. The van der Waals surface area contributed by atoms with Gasteiger partial charge in [0.05, 0.1) is 0 Å². The van der Waals surface area contributed by atoms with Crippen LogP contribution >= 0.6 is 11.5 Å². The monoisotopic (exact) mass is 250 g/mol. The van der Waals surface area contributed by atoms with Crippen molar-refractivity contribution in [2.45, 2.75) is 37.6 Å². The van der Waals surface area contributed by atoms with Gasteiger partial charge >= 0.3 is 6.03 Å². The van der Waals surface area contributed by atoms with E-state index in [4.69, 9.17) is 0 Å². The van der Waals surface area contributed by atoms with Crippen LogP contribution in [-0.4, -0.2) is 21.4 Å². The van der Waals surface area contributed by atoms with Gasteiger partial charge in [0.25, 0.3) is 0 Å². The molecule has 3 rings (SSSR count). The maximum Gasteiger partial charge on any atom is 0.321 e. The maximum absolute atomic E-state index is 11.6. The van der Waals surface area contributed by atoms with Crippen LogP contribution in [0.15, 0.2) is 12.2 Å². The Hall–Kier alpha value is -1.43. The molecule has 1 aromatic rings. The Kier molecular flexibility index (Phi) is 2.58. The first-order chi connectivity index (χ1) is 8.20. The van der Waals surface area contributed by atoms with Crippen LogP contribution in [0, 0.1) is 0 Å². The zero-order chi connectivity index (χ0) is 11.8. The van der Waals surface area contributed by atoms with Crippen molar-refractivity contribution in [2.75, 3.05) is 5.32 Å². The van der Waals surface area contributed by atoms with E-state index in [1.165, 1.54) is 29.9 Å². The SMILES string of the molecule is C=C1CC(NC(=O)Nc2nc(C3CC3)ns2)C1. The molecule has 0 spiro atoms. The number of aromatic nitrogens is 2. The van der Waals surface area contributed by atoms with Gasteiger partial charge in [-0.15, -0.1) is 0 Å². The van der Waals surface area contributed by atoms with Gasteiger partial charge in [-0.3, -0.25) is 5.32 Å². The molecule has 2 N–H and O–H groups in total. The number of carbonyl (C=O) groups is 1. The normalized spacial score (nSPS) is 19.9. The highest BCUT2D eigenvalue weighted by atomic mass is 32.1. The van der Waals surface area contributed by atoms with Crippen molar-refractivity contribution in [3.63, 3.8) is 0 Å². The van der Waals surface area contributed by atoms with E-state index in [1.807, 2.05) is 0 Å². The molecule has 0 atom stereocenters. The summed E-state index contributed by atoms with van der Waals surface area (Å²) in [6, 6.07) is 0.0410. The van der Waals surface area contributed by atoms with Gasteiger partial charge in [0.15, 0.2) is 0 Å². The quantitative estimate of drug-likeness (QED) is 0.809. The molecule has 0 unspecified atom stereocenters. The number of amides is 2. The number of urea groups is 1. The number of nitrogens with one attached hydrogen (secondary N) is 2. The highest BCUT2D eigenvalue weighted by Crippen LogP contribution is 2.39. The Labute approximate surface area is 103 Å². The van der Waals surface area contributed by atoms with Crippen molar-refractivity contribution in [3.8, 4) is 0 Å². The lowest BCUT2D eigenvalue weighted by molar-refractivity contribution is 0.245. The largest absolute Gasteiger partial charge is 0.334 e. The van der Waals surface area contributed by atoms with Gasteiger partial charge in [0.1, 0.15) is 5.82 Å². The first-order valence-corrected chi connectivity index (χ1v) is 6.56. The molecule has 2 saturated carbocycles. The summed E-state index contributed by atoms with van der Waals surface area (Å²) in [7, 11) is 0. The van der Waals surface area contributed by atoms with Crippen LogP contribution in [0.4, 0.5) is 9.93 Å². The Morgan fingerprint density at radius 3 is 2.82 bits per heavy atom. The molecule has 6 heteroatoms. The van der Waals surface area contributed by atoms with Crippen LogP contribution in [0.2, 0.25) is 0 Å². The minimum atomic E-state index is -0.194. The van der Waals surface area contributed by atoms with E-state index in [-0.39, 0.29) is 12.1 Å². The van der Waals surface area contributed by atoms with Crippen LogP contribution in [0.25, 0.3) is 0 Å². The first-order valence-electron chi connectivity index (χ1n) is 5.78. The van der Waals surface area contributed by atoms with Gasteiger partial charge in [-0.2, -0.15) is 4.37 Å². The number of hydrogen-bond acceptors (Lipinski definition) is 4. The van der Waals surface area contributed by atoms with Crippen LogP contribution in [-0.2, 0) is 0 Å². The predicted molar refractivity (Wildman–Crippen MR) is 66.2 cm³/mol. The van der Waals surface area contributed by atoms with E-state index in [0.29, 0.717) is 11.0 Å². The number of nitrogens with zero attached hydrogens (tertiary/aromatic N) is 2. The van der Waals surface area contributed by atoms with E-state index in [1.54, 1.807) is 0 Å². The van der Waals surface area contributed by atoms with Gasteiger partial charge in [-0.1, -0.05) is 12.2 Å². The fourth-order valence-electron chi connectivity index (χ4n) is 1.85. The fraction of sp³-hybridized carbons (Fsp3) is 0.545. The number of rotatable bonds is 3. The van der Waals surface area contributed by atoms with Gasteiger partial charge in [0, 0.05) is 23.5 Å². The third-order valence-electron chi connectivity index (χ3n) is 3.01. The molecule has 2 fully saturated rings. The van der Waals surface area contributed by atoms with E-state index in [2.05, 4.69) is 26.6 Å². The van der Waals surface area contributed by atoms with Crippen LogP contribution in [0.5, 0.6) is 0 Å². The summed E-state index contributed by atoms with van der Waals surface area (Å²) in [6.07, 6.45) is 4.12. The van der Waals surface area contributed by atoms with Crippen molar-refractivity contribution < 1.29 is 4.79 Å². The van der Waals surface area contributed by atoms with Crippen molar-refractivity contribution in [3.05, 3.63) is 18.0 Å². The van der Waals surface area contributed by atoms with E-state index >= 15 is 0 Å². The molecule has 0 bridgehead atoms. The van der Waals surface area contributed by atoms with Gasteiger partial charge in [-0.05, 0) is 25.7 Å². The Balaban J connectivity index is 1.51. The second-order valence-electron chi connectivity index (χ2n) is 4.69. The summed E-state index contributed by atoms with van der Waals surface area (Å²) in [5.74, 6) is 1.40. The average Bonchev–Trinajstić information content (AvgIpc) is 2.98. The number of carbonyl (C=O) groups excluding carboxylic acids is 1. The maximum atomic E-state index is 11.6. The molecular formula is C11H14N4OS. The van der Waals surface area contributed by atoms with Crippen molar-refractivity contribution in [2.24, 2.45) is 0 Å². The second-order valence-corrected chi connectivity index (χ2v) is 5.44. The Morgan fingerprint density at radius 1 is 1.41 bits per heavy atom. The minimum Gasteiger partial charge on any atom is -0.334 e. The second kappa shape index (κ2) is 4.10. The highest BCUT2D eigenvalue weighted by molar-refractivity contribution is 7.09. The summed E-state index contributed by atoms with van der Waals surface area (Å²) in [5, 5.41) is 6.19. The smallest absolute Gasteiger partial charge is 0.321 e. The van der Waals surface area contributed by atoms with E-state index < -0.39 is 0 Å². The summed E-state index contributed by atoms with van der Waals surface area (Å²) in [4.78, 5) is 15.9. The predicted octanol–water partition coefficient (Wildman–Crippen LogP) is 2.26. The van der Waals surface area contributed by atoms with Crippen molar-refractivity contribution in [1.82, 2.24) is 14.7 Å². The van der Waals surface area contributed by atoms with Crippen LogP contribution in [0.3, 0.4) is 0 Å². The highest BCUT2D eigenvalue weighted by Gasteiger charge is 2.28. The molecule has 0 aliphatic heterocycles. The molecule has 5 nitrogen and oxygen atoms in total. The molecule has 2 aliphatic rings. The van der Waals surface area contributed by atoms with Crippen molar-refractivity contribution in [1.29, 1.82) is 0 Å². The first kappa shape index (κ1) is 10.7.